The van der Waals surface area contributed by atoms with Crippen molar-refractivity contribution in [2.45, 2.75) is 52.0 Å². The summed E-state index contributed by atoms with van der Waals surface area (Å²) in [5.74, 6) is -1.33. The van der Waals surface area contributed by atoms with E-state index in [1.165, 1.54) is 7.11 Å². The van der Waals surface area contributed by atoms with Crippen LogP contribution in [0.15, 0.2) is 84.5 Å². The van der Waals surface area contributed by atoms with Gasteiger partial charge in [-0.05, 0) is 66.1 Å². The van der Waals surface area contributed by atoms with Crippen molar-refractivity contribution in [3.05, 3.63) is 95.6 Å². The molecule has 1 aliphatic rings. The lowest BCUT2D eigenvalue weighted by molar-refractivity contribution is -0.136. The molecule has 2 aromatic carbocycles. The predicted molar refractivity (Wildman–Crippen MR) is 161 cm³/mol. The van der Waals surface area contributed by atoms with Crippen molar-refractivity contribution in [3.63, 3.8) is 0 Å². The van der Waals surface area contributed by atoms with Crippen molar-refractivity contribution < 1.29 is 23.5 Å². The molecule has 0 aliphatic carbocycles. The molecule has 2 aromatic rings. The van der Waals surface area contributed by atoms with Crippen LogP contribution in [0, 0.1) is 5.92 Å². The molecule has 41 heavy (non-hydrogen) atoms. The second-order valence-corrected chi connectivity index (χ2v) is 11.1. The van der Waals surface area contributed by atoms with Crippen LogP contribution in [0.4, 0.5) is 20.6 Å². The Morgan fingerprint density at radius 3 is 2.41 bits per heavy atom. The number of methoxy groups -OCH3 is 1. The fourth-order valence-corrected chi connectivity index (χ4v) is 5.00. The van der Waals surface area contributed by atoms with Crippen LogP contribution in [-0.2, 0) is 19.7 Å². The molecule has 1 fully saturated rings. The molecule has 1 heterocycles. The van der Waals surface area contributed by atoms with Crippen molar-refractivity contribution in [2.75, 3.05) is 31.0 Å². The Hall–Kier alpha value is -4.20. The molecule has 0 spiro atoms. The number of allylic oxidation sites excluding steroid dienone is 4. The van der Waals surface area contributed by atoms with E-state index in [1.54, 1.807) is 48.3 Å². The Morgan fingerprint density at radius 2 is 1.78 bits per heavy atom. The fourth-order valence-electron chi connectivity index (χ4n) is 5.00. The molecule has 0 aromatic heterocycles. The lowest BCUT2D eigenvalue weighted by Gasteiger charge is -2.41. The standard InChI is InChI=1S/C33H40FN3O4/c1-7-8-12-22(2)28(21-34)31(39)37-18-11-17-27(29(37)23-13-9-15-25(19-23)36-32(40)41-6)30(38)35-26-16-10-14-24(20-26)33(3,4)5/h7-10,12-16,19-20,27,29H,1,11,17-18,21H2,2-6H3,(H,35,38)(H,36,40)/b12-8-,28-22+/t27-,29-/m0/s1. The summed E-state index contributed by atoms with van der Waals surface area (Å²) in [6, 6.07) is 14.0. The first kappa shape index (κ1) is 31.3. The summed E-state index contributed by atoms with van der Waals surface area (Å²) in [7, 11) is 1.27. The van der Waals surface area contributed by atoms with Crippen molar-refractivity contribution in [2.24, 2.45) is 5.92 Å². The second kappa shape index (κ2) is 13.9. The molecule has 0 radical (unpaired) electrons. The van der Waals surface area contributed by atoms with Crippen molar-refractivity contribution in [3.8, 4) is 0 Å². The number of likely N-dealkylation sites (tertiary alicyclic amines) is 1. The number of alkyl halides is 1. The lowest BCUT2D eigenvalue weighted by atomic mass is 9.83. The van der Waals surface area contributed by atoms with E-state index >= 15 is 0 Å². The average molecular weight is 562 g/mol. The number of anilines is 2. The van der Waals surface area contributed by atoms with Gasteiger partial charge >= 0.3 is 6.09 Å². The fraction of sp³-hybridized carbons (Fsp3) is 0.364. The summed E-state index contributed by atoms with van der Waals surface area (Å²) in [6.07, 6.45) is 5.31. The van der Waals surface area contributed by atoms with E-state index in [9.17, 15) is 18.8 Å². The largest absolute Gasteiger partial charge is 0.453 e. The highest BCUT2D eigenvalue weighted by Gasteiger charge is 2.40. The van der Waals surface area contributed by atoms with Gasteiger partial charge in [0.2, 0.25) is 5.91 Å². The van der Waals surface area contributed by atoms with Gasteiger partial charge in [0, 0.05) is 17.9 Å². The molecule has 0 unspecified atom stereocenters. The first-order valence-corrected chi connectivity index (χ1v) is 13.7. The maximum Gasteiger partial charge on any atom is 0.411 e. The van der Waals surface area contributed by atoms with Gasteiger partial charge < -0.3 is 15.0 Å². The highest BCUT2D eigenvalue weighted by molar-refractivity contribution is 5.97. The van der Waals surface area contributed by atoms with Crippen LogP contribution in [0.5, 0.6) is 0 Å². The molecule has 0 saturated carbocycles. The summed E-state index contributed by atoms with van der Waals surface area (Å²) in [5.41, 5.74) is 3.26. The zero-order valence-electron chi connectivity index (χ0n) is 24.5. The number of benzene rings is 2. The third kappa shape index (κ3) is 7.93. The Balaban J connectivity index is 2.06. The maximum atomic E-state index is 14.3. The molecular formula is C33H40FN3O4. The van der Waals surface area contributed by atoms with Gasteiger partial charge in [-0.3, -0.25) is 14.9 Å². The smallest absolute Gasteiger partial charge is 0.411 e. The van der Waals surface area contributed by atoms with E-state index in [1.807, 2.05) is 30.3 Å². The normalized spacial score (nSPS) is 18.0. The number of piperidine rings is 1. The first-order valence-electron chi connectivity index (χ1n) is 13.7. The van der Waals surface area contributed by atoms with Gasteiger partial charge in [0.05, 0.1) is 24.6 Å². The zero-order valence-corrected chi connectivity index (χ0v) is 24.5. The second-order valence-electron chi connectivity index (χ2n) is 11.1. The van der Waals surface area contributed by atoms with Crippen molar-refractivity contribution >= 4 is 29.3 Å². The van der Waals surface area contributed by atoms with Gasteiger partial charge in [0.15, 0.2) is 0 Å². The van der Waals surface area contributed by atoms with E-state index in [0.717, 1.165) is 5.56 Å². The minimum Gasteiger partial charge on any atom is -0.453 e. The zero-order chi connectivity index (χ0) is 30.2. The first-order chi connectivity index (χ1) is 19.5. The highest BCUT2D eigenvalue weighted by atomic mass is 19.1. The van der Waals surface area contributed by atoms with Crippen LogP contribution in [0.3, 0.4) is 0 Å². The molecule has 2 N–H and O–H groups in total. The Labute approximate surface area is 242 Å². The number of amides is 3. The van der Waals surface area contributed by atoms with Gasteiger partial charge in [0.1, 0.15) is 6.67 Å². The van der Waals surface area contributed by atoms with E-state index in [4.69, 9.17) is 4.74 Å². The molecular weight excluding hydrogens is 521 g/mol. The number of ether oxygens (including phenoxy) is 1. The van der Waals surface area contributed by atoms with Crippen LogP contribution in [0.1, 0.15) is 57.7 Å². The van der Waals surface area contributed by atoms with Gasteiger partial charge in [-0.2, -0.15) is 0 Å². The van der Waals surface area contributed by atoms with E-state index in [-0.39, 0.29) is 16.9 Å². The number of rotatable bonds is 8. The minimum atomic E-state index is -0.949. The Kier molecular flexibility index (Phi) is 10.6. The number of halogens is 1. The summed E-state index contributed by atoms with van der Waals surface area (Å²) >= 11 is 0. The number of hydrogen-bond donors (Lipinski definition) is 2. The quantitative estimate of drug-likeness (QED) is 0.266. The lowest BCUT2D eigenvalue weighted by Crippen LogP contribution is -2.47. The predicted octanol–water partition coefficient (Wildman–Crippen LogP) is 7.11. The number of nitrogens with one attached hydrogen (secondary N) is 2. The molecule has 8 heteroatoms. The van der Waals surface area contributed by atoms with Gasteiger partial charge in [0.25, 0.3) is 5.91 Å². The third-order valence-electron chi connectivity index (χ3n) is 7.23. The SMILES string of the molecule is C=C/C=C\C(C)=C(/CF)C(=O)N1CCC[C@H](C(=O)Nc2cccc(C(C)(C)C)c2)[C@@H]1c1cccc(NC(=O)OC)c1. The van der Waals surface area contributed by atoms with Gasteiger partial charge in [-0.25, -0.2) is 9.18 Å². The van der Waals surface area contributed by atoms with Crippen LogP contribution in [0.25, 0.3) is 0 Å². The highest BCUT2D eigenvalue weighted by Crippen LogP contribution is 2.39. The molecule has 3 amide bonds. The van der Waals surface area contributed by atoms with Crippen LogP contribution < -0.4 is 10.6 Å². The average Bonchev–Trinajstić information content (AvgIpc) is 2.95. The summed E-state index contributed by atoms with van der Waals surface area (Å²) in [6.45, 7) is 11.0. The molecule has 0 bridgehead atoms. The Bertz CT molecular complexity index is 1340. The van der Waals surface area contributed by atoms with E-state index in [0.29, 0.717) is 41.9 Å². The summed E-state index contributed by atoms with van der Waals surface area (Å²) in [5, 5.41) is 5.70. The van der Waals surface area contributed by atoms with Crippen LogP contribution in [-0.4, -0.2) is 43.1 Å². The molecule has 2 atom stereocenters. The monoisotopic (exact) mass is 561 g/mol. The van der Waals surface area contributed by atoms with Crippen molar-refractivity contribution in [1.82, 2.24) is 4.90 Å². The summed E-state index contributed by atoms with van der Waals surface area (Å²) < 4.78 is 19.0. The topological polar surface area (TPSA) is 87.7 Å². The minimum absolute atomic E-state index is 0.0240. The number of nitrogens with zero attached hydrogens (tertiary/aromatic N) is 1. The number of carbonyl (C=O) groups excluding carboxylic acids is 3. The van der Waals surface area contributed by atoms with Crippen LogP contribution in [0.2, 0.25) is 0 Å². The third-order valence-corrected chi connectivity index (χ3v) is 7.23. The van der Waals surface area contributed by atoms with E-state index < -0.39 is 30.6 Å². The molecule has 7 nitrogen and oxygen atoms in total. The summed E-state index contributed by atoms with van der Waals surface area (Å²) in [4.78, 5) is 41.2. The Morgan fingerprint density at radius 1 is 1.10 bits per heavy atom. The van der Waals surface area contributed by atoms with Gasteiger partial charge in [-0.15, -0.1) is 0 Å². The number of hydrogen-bond acceptors (Lipinski definition) is 4. The molecule has 1 aliphatic heterocycles. The van der Waals surface area contributed by atoms with E-state index in [2.05, 4.69) is 38.0 Å². The van der Waals surface area contributed by atoms with Gasteiger partial charge in [-0.1, -0.05) is 69.8 Å². The molecule has 218 valence electrons. The van der Waals surface area contributed by atoms with Crippen molar-refractivity contribution in [1.29, 1.82) is 0 Å². The van der Waals surface area contributed by atoms with Crippen LogP contribution >= 0.6 is 0 Å². The molecule has 3 rings (SSSR count). The number of carbonyl (C=O) groups is 3. The maximum absolute atomic E-state index is 14.3. The molecule has 1 saturated heterocycles.